The molecule has 1 saturated heterocycles. The van der Waals surface area contributed by atoms with Crippen LogP contribution in [-0.2, 0) is 10.0 Å². The van der Waals surface area contributed by atoms with E-state index in [2.05, 4.69) is 20.0 Å². The summed E-state index contributed by atoms with van der Waals surface area (Å²) in [6, 6.07) is 18.8. The van der Waals surface area contributed by atoms with Crippen molar-refractivity contribution in [2.75, 3.05) is 23.1 Å². The third-order valence-electron chi connectivity index (χ3n) is 6.30. The Morgan fingerprint density at radius 3 is 2.43 bits per heavy atom. The lowest BCUT2D eigenvalue weighted by Crippen LogP contribution is -2.35. The van der Waals surface area contributed by atoms with Crippen LogP contribution in [0.25, 0.3) is 22.2 Å². The van der Waals surface area contributed by atoms with Gasteiger partial charge >= 0.3 is 6.03 Å². The van der Waals surface area contributed by atoms with Gasteiger partial charge in [-0.2, -0.15) is 0 Å². The van der Waals surface area contributed by atoms with Crippen molar-refractivity contribution < 1.29 is 13.2 Å². The quantitative estimate of drug-likeness (QED) is 0.318. The van der Waals surface area contributed by atoms with E-state index in [0.29, 0.717) is 30.2 Å². The maximum Gasteiger partial charge on any atom is 0.321 e. The lowest BCUT2D eigenvalue weighted by Gasteiger charge is -2.21. The molecule has 2 N–H and O–H groups in total. The summed E-state index contributed by atoms with van der Waals surface area (Å²) in [6.07, 6.45) is 5.68. The number of amides is 2. The fourth-order valence-electron chi connectivity index (χ4n) is 4.45. The van der Waals surface area contributed by atoms with Gasteiger partial charge in [0.05, 0.1) is 16.2 Å². The summed E-state index contributed by atoms with van der Waals surface area (Å²) in [6.45, 7) is 1.42. The summed E-state index contributed by atoms with van der Waals surface area (Å²) in [5.41, 5.74) is 3.06. The third-order valence-corrected chi connectivity index (χ3v) is 8.16. The Morgan fingerprint density at radius 1 is 0.865 bits per heavy atom. The van der Waals surface area contributed by atoms with Crippen LogP contribution in [0.2, 0.25) is 5.02 Å². The van der Waals surface area contributed by atoms with Crippen LogP contribution in [0.1, 0.15) is 25.7 Å². The van der Waals surface area contributed by atoms with E-state index in [0.717, 1.165) is 42.1 Å². The van der Waals surface area contributed by atoms with Crippen LogP contribution in [0.15, 0.2) is 78.0 Å². The summed E-state index contributed by atoms with van der Waals surface area (Å²) in [7, 11) is -3.99. The van der Waals surface area contributed by atoms with Crippen molar-refractivity contribution >= 4 is 49.9 Å². The largest absolute Gasteiger partial charge is 0.325 e. The zero-order chi connectivity index (χ0) is 25.8. The molecule has 190 valence electrons. The highest BCUT2D eigenvalue weighted by molar-refractivity contribution is 7.92. The number of fused-ring (bicyclic) bond motifs is 1. The van der Waals surface area contributed by atoms with Gasteiger partial charge in [-0.05, 0) is 49.2 Å². The highest BCUT2D eigenvalue weighted by atomic mass is 35.5. The van der Waals surface area contributed by atoms with Gasteiger partial charge < -0.3 is 10.2 Å². The van der Waals surface area contributed by atoms with Gasteiger partial charge in [-0.25, -0.2) is 23.2 Å². The molecule has 0 atom stereocenters. The predicted molar refractivity (Wildman–Crippen MR) is 146 cm³/mol. The molecule has 2 heterocycles. The molecule has 1 aromatic heterocycles. The Labute approximate surface area is 220 Å². The first-order chi connectivity index (χ1) is 17.9. The standard InChI is InChI=1S/C27H26ClN5O3S/c28-23-17-20(31-27(34)33-14-5-1-2-6-15-33)12-13-25(23)37(35,36)32-21-9-7-8-19(16-21)26-22-10-3-4-11-24(22)29-18-30-26/h3-4,7-13,16-18,32H,1-2,5-6,14-15H2,(H,31,34). The van der Waals surface area contributed by atoms with Gasteiger partial charge in [0.2, 0.25) is 0 Å². The van der Waals surface area contributed by atoms with Crippen LogP contribution in [0, 0.1) is 0 Å². The van der Waals surface area contributed by atoms with Gasteiger partial charge in [-0.1, -0.05) is 54.8 Å². The maximum absolute atomic E-state index is 13.2. The molecular formula is C27H26ClN5O3S. The number of carbonyl (C=O) groups excluding carboxylic acids is 1. The molecule has 0 spiro atoms. The summed E-state index contributed by atoms with van der Waals surface area (Å²) in [5, 5.41) is 3.70. The maximum atomic E-state index is 13.2. The number of likely N-dealkylation sites (tertiary alicyclic amines) is 1. The van der Waals surface area contributed by atoms with Gasteiger partial charge in [-0.15, -0.1) is 0 Å². The van der Waals surface area contributed by atoms with E-state index in [1.807, 2.05) is 30.3 Å². The average molecular weight is 536 g/mol. The van der Waals surface area contributed by atoms with Crippen LogP contribution in [0.5, 0.6) is 0 Å². The van der Waals surface area contributed by atoms with Gasteiger partial charge in [0, 0.05) is 35.4 Å². The number of aromatic nitrogens is 2. The normalized spacial score (nSPS) is 14.2. The molecule has 0 radical (unpaired) electrons. The van der Waals surface area contributed by atoms with Crippen molar-refractivity contribution in [1.29, 1.82) is 0 Å². The van der Waals surface area contributed by atoms with Crippen molar-refractivity contribution in [3.63, 3.8) is 0 Å². The van der Waals surface area contributed by atoms with E-state index in [1.165, 1.54) is 18.5 Å². The van der Waals surface area contributed by atoms with Crippen molar-refractivity contribution in [1.82, 2.24) is 14.9 Å². The lowest BCUT2D eigenvalue weighted by molar-refractivity contribution is 0.214. The average Bonchev–Trinajstić information content (AvgIpc) is 3.18. The highest BCUT2D eigenvalue weighted by Crippen LogP contribution is 2.30. The van der Waals surface area contributed by atoms with Crippen LogP contribution < -0.4 is 10.0 Å². The number of rotatable bonds is 5. The summed E-state index contributed by atoms with van der Waals surface area (Å²) >= 11 is 6.37. The minimum Gasteiger partial charge on any atom is -0.325 e. The lowest BCUT2D eigenvalue weighted by atomic mass is 10.1. The number of urea groups is 1. The number of sulfonamides is 1. The number of nitrogens with one attached hydrogen (secondary N) is 2. The molecule has 10 heteroatoms. The Bertz CT molecular complexity index is 1550. The van der Waals surface area contributed by atoms with Gasteiger partial charge in [0.1, 0.15) is 11.2 Å². The number of halogens is 1. The van der Waals surface area contributed by atoms with Crippen LogP contribution in [0.4, 0.5) is 16.2 Å². The van der Waals surface area contributed by atoms with Crippen molar-refractivity contribution in [3.8, 4) is 11.3 Å². The Hall–Kier alpha value is -3.69. The first-order valence-electron chi connectivity index (χ1n) is 12.1. The fraction of sp³-hybridized carbons (Fsp3) is 0.222. The smallest absolute Gasteiger partial charge is 0.321 e. The van der Waals surface area contributed by atoms with E-state index in [-0.39, 0.29) is 15.9 Å². The molecule has 4 aromatic rings. The predicted octanol–water partition coefficient (Wildman–Crippen LogP) is 6.16. The van der Waals surface area contributed by atoms with E-state index < -0.39 is 10.0 Å². The van der Waals surface area contributed by atoms with Gasteiger partial charge in [0.15, 0.2) is 0 Å². The number of hydrogen-bond donors (Lipinski definition) is 2. The minimum absolute atomic E-state index is 0.0131. The Morgan fingerprint density at radius 2 is 1.65 bits per heavy atom. The van der Waals surface area contributed by atoms with Crippen molar-refractivity contribution in [2.45, 2.75) is 30.6 Å². The highest BCUT2D eigenvalue weighted by Gasteiger charge is 2.21. The fourth-order valence-corrected chi connectivity index (χ4v) is 6.04. The summed E-state index contributed by atoms with van der Waals surface area (Å²) in [4.78, 5) is 23.0. The van der Waals surface area contributed by atoms with Crippen LogP contribution in [0.3, 0.4) is 0 Å². The van der Waals surface area contributed by atoms with Gasteiger partial charge in [-0.3, -0.25) is 4.72 Å². The van der Waals surface area contributed by atoms with E-state index in [9.17, 15) is 13.2 Å². The van der Waals surface area contributed by atoms with E-state index in [4.69, 9.17) is 11.6 Å². The molecule has 3 aromatic carbocycles. The zero-order valence-electron chi connectivity index (χ0n) is 20.0. The molecule has 8 nitrogen and oxygen atoms in total. The van der Waals surface area contributed by atoms with Crippen molar-refractivity contribution in [3.05, 3.63) is 78.1 Å². The molecule has 37 heavy (non-hydrogen) atoms. The second-order valence-corrected chi connectivity index (χ2v) is 11.0. The number of benzene rings is 3. The van der Waals surface area contributed by atoms with Crippen LogP contribution >= 0.6 is 11.6 Å². The summed E-state index contributed by atoms with van der Waals surface area (Å²) in [5.74, 6) is 0. The molecule has 0 unspecified atom stereocenters. The molecule has 0 aliphatic carbocycles. The molecule has 2 amide bonds. The molecule has 1 aliphatic rings. The molecule has 1 aliphatic heterocycles. The first-order valence-corrected chi connectivity index (χ1v) is 14.0. The minimum atomic E-state index is -3.99. The van der Waals surface area contributed by atoms with E-state index in [1.54, 1.807) is 29.2 Å². The molecule has 5 rings (SSSR count). The third kappa shape index (κ3) is 5.68. The number of carbonyl (C=O) groups is 1. The second kappa shape index (κ2) is 10.7. The molecule has 0 saturated carbocycles. The Balaban J connectivity index is 1.35. The van der Waals surface area contributed by atoms with E-state index >= 15 is 0 Å². The topological polar surface area (TPSA) is 104 Å². The molecular weight excluding hydrogens is 510 g/mol. The number of nitrogens with zero attached hydrogens (tertiary/aromatic N) is 3. The first kappa shape index (κ1) is 25.0. The summed E-state index contributed by atoms with van der Waals surface area (Å²) < 4.78 is 29.0. The number of para-hydroxylation sites is 1. The molecule has 0 bridgehead atoms. The zero-order valence-corrected chi connectivity index (χ0v) is 21.6. The van der Waals surface area contributed by atoms with Gasteiger partial charge in [0.25, 0.3) is 10.0 Å². The monoisotopic (exact) mass is 535 g/mol. The van der Waals surface area contributed by atoms with Crippen LogP contribution in [-0.4, -0.2) is 42.4 Å². The number of anilines is 2. The van der Waals surface area contributed by atoms with Crippen molar-refractivity contribution in [2.24, 2.45) is 0 Å². The SMILES string of the molecule is O=C(Nc1ccc(S(=O)(=O)Nc2cccc(-c3ncnc4ccccc34)c2)c(Cl)c1)N1CCCCCC1. The molecule has 1 fully saturated rings. The Kier molecular flexibility index (Phi) is 7.25. The number of hydrogen-bond acceptors (Lipinski definition) is 5. The second-order valence-electron chi connectivity index (χ2n) is 8.90.